The molecule has 1 aliphatic carbocycles. The Labute approximate surface area is 213 Å². The number of sulfone groups is 1. The molecule has 2 N–H and O–H groups in total. The van der Waals surface area contributed by atoms with E-state index in [-0.39, 0.29) is 10.6 Å². The van der Waals surface area contributed by atoms with Gasteiger partial charge in [-0.2, -0.15) is 4.72 Å². The van der Waals surface area contributed by atoms with E-state index in [1.807, 2.05) is 0 Å². The van der Waals surface area contributed by atoms with Crippen LogP contribution in [-0.2, 0) is 30.1 Å². The van der Waals surface area contributed by atoms with Crippen LogP contribution in [0.15, 0.2) is 70.9 Å². The number of halogens is 1. The number of thiophene rings is 1. The molecule has 0 aliphatic heterocycles. The van der Waals surface area contributed by atoms with Crippen LogP contribution in [0.2, 0.25) is 5.02 Å². The van der Waals surface area contributed by atoms with Gasteiger partial charge >= 0.3 is 5.97 Å². The standard InChI is InChI=1S/C24H24ClNO6S3/c1-16(2)34(29,30)15-23(18-6-4-3-5-7-18)14-24(23,22(27)28)26-35(31,32)21-13-12-20(33-21)17-8-10-19(25)11-9-17/h3-13,16,26H,14-15H2,1-2H3,(H,27,28). The maximum absolute atomic E-state index is 13.4. The molecule has 0 radical (unpaired) electrons. The van der Waals surface area contributed by atoms with Crippen molar-refractivity contribution in [1.82, 2.24) is 4.72 Å². The zero-order valence-electron chi connectivity index (χ0n) is 18.9. The van der Waals surface area contributed by atoms with Gasteiger partial charge < -0.3 is 5.11 Å². The quantitative estimate of drug-likeness (QED) is 0.407. The first-order valence-corrected chi connectivity index (χ1v) is 15.1. The van der Waals surface area contributed by atoms with E-state index in [0.29, 0.717) is 15.5 Å². The molecule has 1 heterocycles. The van der Waals surface area contributed by atoms with Gasteiger partial charge in [0.25, 0.3) is 10.0 Å². The Morgan fingerprint density at radius 3 is 2.23 bits per heavy atom. The molecule has 0 saturated heterocycles. The lowest BCUT2D eigenvalue weighted by Crippen LogP contribution is -2.50. The second-order valence-electron chi connectivity index (χ2n) is 8.92. The number of carboxylic acid groups (broad SMARTS) is 1. The highest BCUT2D eigenvalue weighted by Crippen LogP contribution is 2.59. The minimum atomic E-state index is -4.28. The molecule has 0 bridgehead atoms. The van der Waals surface area contributed by atoms with Crippen LogP contribution in [-0.4, -0.2) is 44.5 Å². The van der Waals surface area contributed by atoms with Gasteiger partial charge in [0.2, 0.25) is 0 Å². The molecule has 1 aromatic heterocycles. The highest BCUT2D eigenvalue weighted by atomic mass is 35.5. The van der Waals surface area contributed by atoms with Crippen LogP contribution in [0, 0.1) is 0 Å². The fraction of sp³-hybridized carbons (Fsp3) is 0.292. The molecule has 11 heteroatoms. The Hall–Kier alpha value is -2.24. The number of benzene rings is 2. The molecule has 4 rings (SSSR count). The molecule has 1 fully saturated rings. The molecule has 186 valence electrons. The van der Waals surface area contributed by atoms with Gasteiger partial charge in [-0.1, -0.05) is 54.1 Å². The summed E-state index contributed by atoms with van der Waals surface area (Å²) in [6.45, 7) is 3.04. The Kier molecular flexibility index (Phi) is 6.65. The lowest BCUT2D eigenvalue weighted by molar-refractivity contribution is -0.140. The van der Waals surface area contributed by atoms with Crippen molar-refractivity contribution < 1.29 is 26.7 Å². The molecule has 1 saturated carbocycles. The molecule has 2 atom stereocenters. The van der Waals surface area contributed by atoms with Crippen LogP contribution < -0.4 is 4.72 Å². The molecule has 0 spiro atoms. The van der Waals surface area contributed by atoms with Gasteiger partial charge in [0.05, 0.1) is 11.0 Å². The first kappa shape index (κ1) is 25.8. The Balaban J connectivity index is 1.74. The molecule has 35 heavy (non-hydrogen) atoms. The Morgan fingerprint density at radius 1 is 1.03 bits per heavy atom. The number of hydrogen-bond acceptors (Lipinski definition) is 6. The van der Waals surface area contributed by atoms with Gasteiger partial charge in [-0.3, -0.25) is 4.79 Å². The summed E-state index contributed by atoms with van der Waals surface area (Å²) in [4.78, 5) is 13.2. The lowest BCUT2D eigenvalue weighted by Gasteiger charge is -2.25. The van der Waals surface area contributed by atoms with Gasteiger partial charge in [0.15, 0.2) is 9.84 Å². The Morgan fingerprint density at radius 2 is 1.66 bits per heavy atom. The van der Waals surface area contributed by atoms with Gasteiger partial charge in [-0.15, -0.1) is 11.3 Å². The maximum Gasteiger partial charge on any atom is 0.325 e. The van der Waals surface area contributed by atoms with Crippen LogP contribution in [0.25, 0.3) is 10.4 Å². The van der Waals surface area contributed by atoms with Crippen LogP contribution in [0.5, 0.6) is 0 Å². The minimum Gasteiger partial charge on any atom is -0.480 e. The summed E-state index contributed by atoms with van der Waals surface area (Å²) in [5.41, 5.74) is -2.21. The van der Waals surface area contributed by atoms with Crippen molar-refractivity contribution in [1.29, 1.82) is 0 Å². The number of rotatable bonds is 9. The van der Waals surface area contributed by atoms with Crippen molar-refractivity contribution in [2.24, 2.45) is 0 Å². The largest absolute Gasteiger partial charge is 0.480 e. The van der Waals surface area contributed by atoms with Crippen molar-refractivity contribution in [2.45, 2.75) is 40.7 Å². The predicted octanol–water partition coefficient (Wildman–Crippen LogP) is 4.34. The molecule has 1 aliphatic rings. The SMILES string of the molecule is CC(C)S(=O)(=O)CC1(c2ccccc2)CC1(NS(=O)(=O)c1ccc(-c2ccc(Cl)cc2)s1)C(=O)O. The molecular weight excluding hydrogens is 530 g/mol. The van der Waals surface area contributed by atoms with E-state index in [1.165, 1.54) is 19.9 Å². The van der Waals surface area contributed by atoms with E-state index in [2.05, 4.69) is 4.72 Å². The number of sulfonamides is 1. The first-order chi connectivity index (χ1) is 16.3. The summed E-state index contributed by atoms with van der Waals surface area (Å²) in [5, 5.41) is 10.0. The average molecular weight is 554 g/mol. The van der Waals surface area contributed by atoms with E-state index in [4.69, 9.17) is 11.6 Å². The monoisotopic (exact) mass is 553 g/mol. The second-order valence-corrected chi connectivity index (χ2v) is 14.9. The van der Waals surface area contributed by atoms with Crippen molar-refractivity contribution >= 4 is 48.8 Å². The normalized spacial score (nSPS) is 22.3. The van der Waals surface area contributed by atoms with E-state index in [1.54, 1.807) is 60.7 Å². The molecule has 2 unspecified atom stereocenters. The summed E-state index contributed by atoms with van der Waals surface area (Å²) in [6, 6.07) is 18.3. The molecule has 3 aromatic rings. The lowest BCUT2D eigenvalue weighted by atomic mass is 9.92. The summed E-state index contributed by atoms with van der Waals surface area (Å²) in [7, 11) is -7.99. The zero-order valence-corrected chi connectivity index (χ0v) is 22.1. The number of carboxylic acids is 1. The molecule has 2 aromatic carbocycles. The van der Waals surface area contributed by atoms with Crippen molar-refractivity contribution in [3.63, 3.8) is 0 Å². The highest BCUT2D eigenvalue weighted by molar-refractivity contribution is 7.92. The third-order valence-electron chi connectivity index (χ3n) is 6.40. The summed E-state index contributed by atoms with van der Waals surface area (Å²) < 4.78 is 54.9. The Bertz CT molecular complexity index is 1470. The third-order valence-corrected chi connectivity index (χ3v) is 12.1. The van der Waals surface area contributed by atoms with Crippen LogP contribution >= 0.6 is 22.9 Å². The molecular formula is C24H24ClNO6S3. The van der Waals surface area contributed by atoms with Gasteiger partial charge in [-0.25, -0.2) is 16.8 Å². The molecule has 0 amide bonds. The van der Waals surface area contributed by atoms with E-state index in [9.17, 15) is 26.7 Å². The van der Waals surface area contributed by atoms with Gasteiger partial charge in [-0.05, 0) is 55.7 Å². The summed E-state index contributed by atoms with van der Waals surface area (Å²) >= 11 is 6.92. The topological polar surface area (TPSA) is 118 Å². The number of carbonyl (C=O) groups is 1. The smallest absolute Gasteiger partial charge is 0.325 e. The zero-order chi connectivity index (χ0) is 25.6. The van der Waals surface area contributed by atoms with Crippen molar-refractivity contribution in [3.8, 4) is 10.4 Å². The minimum absolute atomic E-state index is 0.0661. The van der Waals surface area contributed by atoms with Crippen LogP contribution in [0.1, 0.15) is 25.8 Å². The van der Waals surface area contributed by atoms with Crippen molar-refractivity contribution in [2.75, 3.05) is 5.75 Å². The van der Waals surface area contributed by atoms with E-state index < -0.39 is 47.8 Å². The fourth-order valence-electron chi connectivity index (χ4n) is 4.25. The molecule has 7 nitrogen and oxygen atoms in total. The van der Waals surface area contributed by atoms with Crippen LogP contribution in [0.4, 0.5) is 0 Å². The van der Waals surface area contributed by atoms with Crippen molar-refractivity contribution in [3.05, 3.63) is 77.3 Å². The highest BCUT2D eigenvalue weighted by Gasteiger charge is 2.76. The van der Waals surface area contributed by atoms with Crippen LogP contribution in [0.3, 0.4) is 0 Å². The number of aliphatic carboxylic acids is 1. The summed E-state index contributed by atoms with van der Waals surface area (Å²) in [6.07, 6.45) is -0.181. The average Bonchev–Trinajstić information content (AvgIpc) is 3.16. The second kappa shape index (κ2) is 9.01. The van der Waals surface area contributed by atoms with Gasteiger partial charge in [0, 0.05) is 15.3 Å². The summed E-state index contributed by atoms with van der Waals surface area (Å²) in [5.74, 6) is -1.91. The third kappa shape index (κ3) is 4.65. The maximum atomic E-state index is 13.4. The number of hydrogen-bond donors (Lipinski definition) is 2. The first-order valence-electron chi connectivity index (χ1n) is 10.7. The van der Waals surface area contributed by atoms with E-state index in [0.717, 1.165) is 16.9 Å². The number of nitrogens with one attached hydrogen (secondary N) is 1. The van der Waals surface area contributed by atoms with E-state index >= 15 is 0 Å². The fourth-order valence-corrected chi connectivity index (χ4v) is 8.65. The van der Waals surface area contributed by atoms with Gasteiger partial charge in [0.1, 0.15) is 9.75 Å². The predicted molar refractivity (Wildman–Crippen MR) is 137 cm³/mol.